The van der Waals surface area contributed by atoms with Crippen molar-refractivity contribution in [3.63, 3.8) is 0 Å². The predicted octanol–water partition coefficient (Wildman–Crippen LogP) is 2.79. The van der Waals surface area contributed by atoms with Crippen molar-refractivity contribution in [3.05, 3.63) is 35.9 Å². The highest BCUT2D eigenvalue weighted by Crippen LogP contribution is 2.12. The molecule has 82 valence electrons. The third kappa shape index (κ3) is 3.74. The van der Waals surface area contributed by atoms with Crippen molar-refractivity contribution in [2.24, 2.45) is 4.99 Å². The fraction of sp³-hybridized carbons (Fsp3) is 0.462. The second-order valence-electron chi connectivity index (χ2n) is 4.87. The number of amidine groups is 1. The SMILES string of the molecule is CN(C)C(=NC(C)(C)C)c1ccccc1. The van der Waals surface area contributed by atoms with E-state index in [9.17, 15) is 0 Å². The van der Waals surface area contributed by atoms with Gasteiger partial charge in [-0.1, -0.05) is 30.3 Å². The standard InChI is InChI=1S/C13H20N2/c1-13(2,3)14-12(15(4)5)11-9-7-6-8-10-11/h6-10H,1-5H3. The van der Waals surface area contributed by atoms with Crippen molar-refractivity contribution in [2.45, 2.75) is 26.3 Å². The second kappa shape index (κ2) is 4.47. The van der Waals surface area contributed by atoms with E-state index < -0.39 is 0 Å². The van der Waals surface area contributed by atoms with Gasteiger partial charge in [0.15, 0.2) is 0 Å². The lowest BCUT2D eigenvalue weighted by molar-refractivity contribution is 0.548. The monoisotopic (exact) mass is 204 g/mol. The van der Waals surface area contributed by atoms with Crippen molar-refractivity contribution >= 4 is 5.84 Å². The molecule has 2 nitrogen and oxygen atoms in total. The summed E-state index contributed by atoms with van der Waals surface area (Å²) in [5.41, 5.74) is 1.12. The van der Waals surface area contributed by atoms with E-state index in [0.717, 1.165) is 11.4 Å². The van der Waals surface area contributed by atoms with Gasteiger partial charge >= 0.3 is 0 Å². The quantitative estimate of drug-likeness (QED) is 0.507. The lowest BCUT2D eigenvalue weighted by atomic mass is 10.1. The summed E-state index contributed by atoms with van der Waals surface area (Å²) in [5, 5.41) is 0. The second-order valence-corrected chi connectivity index (χ2v) is 4.87. The first kappa shape index (κ1) is 11.8. The molecule has 15 heavy (non-hydrogen) atoms. The predicted molar refractivity (Wildman–Crippen MR) is 66.4 cm³/mol. The molecule has 0 atom stereocenters. The van der Waals surface area contributed by atoms with Crippen LogP contribution in [0.5, 0.6) is 0 Å². The summed E-state index contributed by atoms with van der Waals surface area (Å²) in [6, 6.07) is 10.3. The Kier molecular flexibility index (Phi) is 3.51. The van der Waals surface area contributed by atoms with Crippen LogP contribution in [0.4, 0.5) is 0 Å². The van der Waals surface area contributed by atoms with Crippen LogP contribution < -0.4 is 0 Å². The van der Waals surface area contributed by atoms with Gasteiger partial charge < -0.3 is 4.90 Å². The van der Waals surface area contributed by atoms with Crippen LogP contribution >= 0.6 is 0 Å². The number of rotatable bonds is 1. The van der Waals surface area contributed by atoms with E-state index in [0.29, 0.717) is 0 Å². The summed E-state index contributed by atoms with van der Waals surface area (Å²) in [6.07, 6.45) is 0. The van der Waals surface area contributed by atoms with E-state index in [2.05, 4.69) is 37.8 Å². The van der Waals surface area contributed by atoms with E-state index in [1.165, 1.54) is 0 Å². The van der Waals surface area contributed by atoms with E-state index in [1.807, 2.05) is 32.3 Å². The smallest absolute Gasteiger partial charge is 0.130 e. The van der Waals surface area contributed by atoms with Crippen LogP contribution in [0.2, 0.25) is 0 Å². The Morgan fingerprint density at radius 1 is 1.07 bits per heavy atom. The van der Waals surface area contributed by atoms with Gasteiger partial charge in [0.1, 0.15) is 5.84 Å². The largest absolute Gasteiger partial charge is 0.363 e. The molecule has 0 aliphatic rings. The van der Waals surface area contributed by atoms with Gasteiger partial charge in [0, 0.05) is 19.7 Å². The summed E-state index contributed by atoms with van der Waals surface area (Å²) in [5.74, 6) is 1.03. The number of benzene rings is 1. The van der Waals surface area contributed by atoms with E-state index in [4.69, 9.17) is 4.99 Å². The van der Waals surface area contributed by atoms with Crippen molar-refractivity contribution < 1.29 is 0 Å². The van der Waals surface area contributed by atoms with Crippen LogP contribution in [0, 0.1) is 0 Å². The average Bonchev–Trinajstić information content (AvgIpc) is 2.14. The molecule has 0 amide bonds. The number of aliphatic imine (C=N–C) groups is 1. The zero-order valence-corrected chi connectivity index (χ0v) is 10.3. The summed E-state index contributed by atoms with van der Waals surface area (Å²) in [4.78, 5) is 6.78. The molecule has 2 heteroatoms. The van der Waals surface area contributed by atoms with Crippen LogP contribution in [0.15, 0.2) is 35.3 Å². The number of hydrogen-bond acceptors (Lipinski definition) is 1. The van der Waals surface area contributed by atoms with Crippen LogP contribution in [0.25, 0.3) is 0 Å². The topological polar surface area (TPSA) is 15.6 Å². The summed E-state index contributed by atoms with van der Waals surface area (Å²) < 4.78 is 0. The van der Waals surface area contributed by atoms with Gasteiger partial charge in [-0.3, -0.25) is 4.99 Å². The summed E-state index contributed by atoms with van der Waals surface area (Å²) in [7, 11) is 4.05. The molecule has 1 aromatic carbocycles. The Morgan fingerprint density at radius 2 is 1.60 bits per heavy atom. The first-order valence-electron chi connectivity index (χ1n) is 5.23. The van der Waals surface area contributed by atoms with Crippen molar-refractivity contribution in [3.8, 4) is 0 Å². The van der Waals surface area contributed by atoms with E-state index in [1.54, 1.807) is 0 Å². The van der Waals surface area contributed by atoms with Gasteiger partial charge in [-0.15, -0.1) is 0 Å². The summed E-state index contributed by atoms with van der Waals surface area (Å²) in [6.45, 7) is 6.33. The zero-order valence-electron chi connectivity index (χ0n) is 10.3. The van der Waals surface area contributed by atoms with Crippen molar-refractivity contribution in [2.75, 3.05) is 14.1 Å². The average molecular weight is 204 g/mol. The Morgan fingerprint density at radius 3 is 2.00 bits per heavy atom. The van der Waals surface area contributed by atoms with Gasteiger partial charge in [0.05, 0.1) is 5.54 Å². The fourth-order valence-corrected chi connectivity index (χ4v) is 1.33. The Labute approximate surface area is 92.6 Å². The molecule has 0 heterocycles. The molecular weight excluding hydrogens is 184 g/mol. The fourth-order valence-electron chi connectivity index (χ4n) is 1.33. The Bertz CT molecular complexity index is 331. The molecule has 0 saturated carbocycles. The van der Waals surface area contributed by atoms with Gasteiger partial charge in [-0.05, 0) is 20.8 Å². The molecule has 0 aliphatic carbocycles. The minimum atomic E-state index is -0.0462. The molecule has 0 aromatic heterocycles. The molecule has 0 bridgehead atoms. The highest BCUT2D eigenvalue weighted by molar-refractivity contribution is 5.98. The number of hydrogen-bond donors (Lipinski definition) is 0. The molecule has 0 aliphatic heterocycles. The van der Waals surface area contributed by atoms with Crippen LogP contribution in [-0.2, 0) is 0 Å². The van der Waals surface area contributed by atoms with Gasteiger partial charge in [-0.2, -0.15) is 0 Å². The third-order valence-corrected chi connectivity index (χ3v) is 1.90. The third-order valence-electron chi connectivity index (χ3n) is 1.90. The van der Waals surface area contributed by atoms with Gasteiger partial charge in [-0.25, -0.2) is 0 Å². The minimum Gasteiger partial charge on any atom is -0.363 e. The molecule has 0 fully saturated rings. The van der Waals surface area contributed by atoms with E-state index >= 15 is 0 Å². The lowest BCUT2D eigenvalue weighted by Crippen LogP contribution is -2.27. The maximum atomic E-state index is 4.72. The van der Waals surface area contributed by atoms with Crippen LogP contribution in [-0.4, -0.2) is 30.4 Å². The Hall–Kier alpha value is -1.31. The molecular formula is C13H20N2. The molecule has 1 aromatic rings. The molecule has 0 radical (unpaired) electrons. The minimum absolute atomic E-state index is 0.0462. The summed E-state index contributed by atoms with van der Waals surface area (Å²) >= 11 is 0. The van der Waals surface area contributed by atoms with E-state index in [-0.39, 0.29) is 5.54 Å². The molecule has 1 rings (SSSR count). The van der Waals surface area contributed by atoms with Crippen molar-refractivity contribution in [1.82, 2.24) is 4.90 Å². The lowest BCUT2D eigenvalue weighted by Gasteiger charge is -2.21. The van der Waals surface area contributed by atoms with Crippen LogP contribution in [0.3, 0.4) is 0 Å². The van der Waals surface area contributed by atoms with Crippen LogP contribution in [0.1, 0.15) is 26.3 Å². The maximum absolute atomic E-state index is 4.72. The molecule has 0 N–H and O–H groups in total. The molecule has 0 saturated heterocycles. The van der Waals surface area contributed by atoms with Crippen molar-refractivity contribution in [1.29, 1.82) is 0 Å². The van der Waals surface area contributed by atoms with Gasteiger partial charge in [0.2, 0.25) is 0 Å². The van der Waals surface area contributed by atoms with Gasteiger partial charge in [0.25, 0.3) is 0 Å². The normalized spacial score (nSPS) is 12.7. The first-order valence-corrected chi connectivity index (χ1v) is 5.23. The highest BCUT2D eigenvalue weighted by atomic mass is 15.1. The maximum Gasteiger partial charge on any atom is 0.130 e. The molecule has 0 spiro atoms. The zero-order chi connectivity index (χ0) is 11.5. The highest BCUT2D eigenvalue weighted by Gasteiger charge is 2.12. The number of nitrogens with zero attached hydrogens (tertiary/aromatic N) is 2. The first-order chi connectivity index (χ1) is 6.90. The molecule has 0 unspecified atom stereocenters. The Balaban J connectivity index is 3.10.